The quantitative estimate of drug-likeness (QED) is 0.260. The molecule has 3 aromatic rings. The number of aromatic amines is 1. The van der Waals surface area contributed by atoms with Crippen molar-refractivity contribution < 1.29 is 19.4 Å². The van der Waals surface area contributed by atoms with Crippen LogP contribution in [-0.2, 0) is 9.59 Å². The summed E-state index contributed by atoms with van der Waals surface area (Å²) in [5.74, 6) is -0.356. The maximum Gasteiger partial charge on any atom is 0.295 e. The zero-order chi connectivity index (χ0) is 24.7. The molecule has 1 aliphatic carbocycles. The number of carbonyl (C=O) groups is 2. The van der Waals surface area contributed by atoms with Gasteiger partial charge in [0.1, 0.15) is 11.5 Å². The Balaban J connectivity index is 1.70. The van der Waals surface area contributed by atoms with E-state index in [1.807, 2.05) is 49.5 Å². The molecule has 0 radical (unpaired) electrons. The SMILES string of the molecule is CCOc1ccc(/C(O)=C2\C(=O)C(=O)N(C3CCCC3)C2c2c[nH]c3ccccc23)cc1C(C)C. The van der Waals surface area contributed by atoms with Crippen molar-refractivity contribution >= 4 is 28.4 Å². The summed E-state index contributed by atoms with van der Waals surface area (Å²) in [6.45, 7) is 6.60. The number of carbonyl (C=O) groups excluding carboxylic acids is 2. The Labute approximate surface area is 205 Å². The summed E-state index contributed by atoms with van der Waals surface area (Å²) in [7, 11) is 0. The molecule has 5 rings (SSSR count). The second-order valence-corrected chi connectivity index (χ2v) is 9.77. The van der Waals surface area contributed by atoms with Crippen LogP contribution in [0, 0.1) is 0 Å². The molecule has 2 aromatic carbocycles. The van der Waals surface area contributed by atoms with Crippen molar-refractivity contribution in [2.75, 3.05) is 6.61 Å². The number of hydrogen-bond acceptors (Lipinski definition) is 4. The van der Waals surface area contributed by atoms with Gasteiger partial charge in [-0.2, -0.15) is 0 Å². The number of ether oxygens (including phenoxy) is 1. The molecular weight excluding hydrogens is 440 g/mol. The number of para-hydroxylation sites is 1. The minimum Gasteiger partial charge on any atom is -0.507 e. The summed E-state index contributed by atoms with van der Waals surface area (Å²) >= 11 is 0. The number of nitrogens with zero attached hydrogens (tertiary/aromatic N) is 1. The number of Topliss-reactive ketones (excluding diaryl/α,β-unsaturated/α-hetero) is 1. The number of aromatic nitrogens is 1. The molecule has 1 saturated carbocycles. The van der Waals surface area contributed by atoms with E-state index in [9.17, 15) is 14.7 Å². The van der Waals surface area contributed by atoms with Crippen molar-refractivity contribution in [1.29, 1.82) is 0 Å². The summed E-state index contributed by atoms with van der Waals surface area (Å²) in [6.07, 6.45) is 5.67. The van der Waals surface area contributed by atoms with Crippen molar-refractivity contribution in [3.63, 3.8) is 0 Å². The lowest BCUT2D eigenvalue weighted by molar-refractivity contribution is -0.141. The van der Waals surface area contributed by atoms with Crippen molar-refractivity contribution in [3.05, 3.63) is 70.9 Å². The number of aliphatic hydroxyl groups is 1. The number of nitrogens with one attached hydrogen (secondary N) is 1. The van der Waals surface area contributed by atoms with Crippen LogP contribution in [0.15, 0.2) is 54.2 Å². The van der Waals surface area contributed by atoms with Crippen LogP contribution in [0.25, 0.3) is 16.7 Å². The van der Waals surface area contributed by atoms with Crippen LogP contribution >= 0.6 is 0 Å². The Morgan fingerprint density at radius 3 is 2.60 bits per heavy atom. The molecule has 182 valence electrons. The van der Waals surface area contributed by atoms with Gasteiger partial charge in [0.25, 0.3) is 11.7 Å². The zero-order valence-electron chi connectivity index (χ0n) is 20.5. The zero-order valence-corrected chi connectivity index (χ0v) is 20.5. The van der Waals surface area contributed by atoms with Crippen molar-refractivity contribution in [3.8, 4) is 5.75 Å². The molecule has 2 heterocycles. The number of likely N-dealkylation sites (tertiary alicyclic amines) is 1. The fourth-order valence-electron chi connectivity index (χ4n) is 5.62. The molecule has 0 bridgehead atoms. The van der Waals surface area contributed by atoms with Crippen molar-refractivity contribution in [1.82, 2.24) is 9.88 Å². The van der Waals surface area contributed by atoms with Gasteiger partial charge in [-0.1, -0.05) is 44.9 Å². The van der Waals surface area contributed by atoms with Gasteiger partial charge in [0.15, 0.2) is 0 Å². The Hall–Kier alpha value is -3.54. The predicted molar refractivity (Wildman–Crippen MR) is 136 cm³/mol. The van der Waals surface area contributed by atoms with Crippen LogP contribution in [0.1, 0.15) is 75.1 Å². The first-order chi connectivity index (χ1) is 16.9. The van der Waals surface area contributed by atoms with Crippen molar-refractivity contribution in [2.24, 2.45) is 0 Å². The second kappa shape index (κ2) is 9.25. The van der Waals surface area contributed by atoms with Gasteiger partial charge in [0, 0.05) is 34.3 Å². The highest BCUT2D eigenvalue weighted by molar-refractivity contribution is 6.46. The average Bonchev–Trinajstić information content (AvgIpc) is 3.58. The van der Waals surface area contributed by atoms with Gasteiger partial charge >= 0.3 is 0 Å². The first-order valence-corrected chi connectivity index (χ1v) is 12.6. The number of benzene rings is 2. The van der Waals surface area contributed by atoms with Gasteiger partial charge in [0.2, 0.25) is 0 Å². The van der Waals surface area contributed by atoms with Crippen LogP contribution in [0.4, 0.5) is 0 Å². The number of rotatable bonds is 6. The lowest BCUT2D eigenvalue weighted by Gasteiger charge is -2.30. The van der Waals surface area contributed by atoms with Crippen LogP contribution in [0.3, 0.4) is 0 Å². The van der Waals surface area contributed by atoms with Crippen LogP contribution in [0.5, 0.6) is 5.75 Å². The maximum absolute atomic E-state index is 13.5. The Bertz CT molecular complexity index is 1310. The van der Waals surface area contributed by atoms with Gasteiger partial charge in [-0.05, 0) is 55.5 Å². The summed E-state index contributed by atoms with van der Waals surface area (Å²) in [6, 6.07) is 12.7. The van der Waals surface area contributed by atoms with Gasteiger partial charge in [-0.3, -0.25) is 9.59 Å². The monoisotopic (exact) mass is 472 g/mol. The summed E-state index contributed by atoms with van der Waals surface area (Å²) < 4.78 is 5.78. The largest absolute Gasteiger partial charge is 0.507 e. The number of H-pyrrole nitrogens is 1. The Kier molecular flexibility index (Phi) is 6.13. The van der Waals surface area contributed by atoms with E-state index >= 15 is 0 Å². The highest BCUT2D eigenvalue weighted by atomic mass is 16.5. The fourth-order valence-corrected chi connectivity index (χ4v) is 5.62. The normalized spacial score (nSPS) is 20.5. The first kappa shape index (κ1) is 23.2. The molecule has 35 heavy (non-hydrogen) atoms. The topological polar surface area (TPSA) is 82.6 Å². The lowest BCUT2D eigenvalue weighted by atomic mass is 9.92. The molecule has 1 saturated heterocycles. The van der Waals surface area contributed by atoms with E-state index in [0.717, 1.165) is 53.5 Å². The van der Waals surface area contributed by atoms with Gasteiger partial charge in [0.05, 0.1) is 18.2 Å². The first-order valence-electron chi connectivity index (χ1n) is 12.6. The van der Waals surface area contributed by atoms with Crippen LogP contribution in [-0.4, -0.2) is 39.3 Å². The van der Waals surface area contributed by atoms with Crippen LogP contribution < -0.4 is 4.74 Å². The van der Waals surface area contributed by atoms with Gasteiger partial charge in [-0.15, -0.1) is 0 Å². The van der Waals surface area contributed by atoms with E-state index in [4.69, 9.17) is 4.74 Å². The summed E-state index contributed by atoms with van der Waals surface area (Å²) in [4.78, 5) is 31.9. The Morgan fingerprint density at radius 1 is 1.14 bits per heavy atom. The highest BCUT2D eigenvalue weighted by Gasteiger charge is 2.49. The van der Waals surface area contributed by atoms with E-state index in [2.05, 4.69) is 18.8 Å². The molecule has 6 nitrogen and oxygen atoms in total. The molecule has 2 aliphatic rings. The maximum atomic E-state index is 13.5. The van der Waals surface area contributed by atoms with Gasteiger partial charge < -0.3 is 19.7 Å². The molecule has 1 aromatic heterocycles. The molecular formula is C29H32N2O4. The van der Waals surface area contributed by atoms with E-state index in [1.165, 1.54) is 0 Å². The average molecular weight is 473 g/mol. The molecule has 1 amide bonds. The predicted octanol–water partition coefficient (Wildman–Crippen LogP) is 6.05. The minimum atomic E-state index is -0.636. The van der Waals surface area contributed by atoms with Gasteiger partial charge in [-0.25, -0.2) is 0 Å². The van der Waals surface area contributed by atoms with Crippen molar-refractivity contribution in [2.45, 2.75) is 64.5 Å². The van der Waals surface area contributed by atoms with E-state index in [1.54, 1.807) is 11.0 Å². The summed E-state index contributed by atoms with van der Waals surface area (Å²) in [5, 5.41) is 12.5. The standard InChI is InChI=1S/C29H32N2O4/c1-4-35-24-14-13-18(15-21(24)17(2)3)27(32)25-26(22-16-30-23-12-8-7-11-20(22)23)31(29(34)28(25)33)19-9-5-6-10-19/h7-8,11-17,19,26,30,32H,4-6,9-10H2,1-3H3/b27-25+. The fraction of sp³-hybridized carbons (Fsp3) is 0.379. The number of fused-ring (bicyclic) bond motifs is 1. The number of hydrogen-bond donors (Lipinski definition) is 2. The van der Waals surface area contributed by atoms with Crippen LogP contribution in [0.2, 0.25) is 0 Å². The molecule has 2 fully saturated rings. The summed E-state index contributed by atoms with van der Waals surface area (Å²) in [5.41, 5.74) is 3.40. The van der Waals surface area contributed by atoms with E-state index in [0.29, 0.717) is 12.2 Å². The third-order valence-electron chi connectivity index (χ3n) is 7.32. The molecule has 0 spiro atoms. The number of aliphatic hydroxyl groups excluding tert-OH is 1. The number of ketones is 1. The molecule has 6 heteroatoms. The second-order valence-electron chi connectivity index (χ2n) is 9.77. The van der Waals surface area contributed by atoms with E-state index in [-0.39, 0.29) is 23.3 Å². The Morgan fingerprint density at radius 2 is 1.89 bits per heavy atom. The minimum absolute atomic E-state index is 0.0121. The molecule has 2 N–H and O–H groups in total. The molecule has 1 atom stereocenters. The third kappa shape index (κ3) is 3.91. The molecule has 1 unspecified atom stereocenters. The lowest BCUT2D eigenvalue weighted by Crippen LogP contribution is -2.37. The third-order valence-corrected chi connectivity index (χ3v) is 7.32. The number of amides is 1. The molecule has 1 aliphatic heterocycles. The smallest absolute Gasteiger partial charge is 0.295 e. The highest BCUT2D eigenvalue weighted by Crippen LogP contribution is 2.45. The van der Waals surface area contributed by atoms with E-state index < -0.39 is 17.7 Å².